The fourth-order valence-corrected chi connectivity index (χ4v) is 18.8. The van der Waals surface area contributed by atoms with Gasteiger partial charge in [0.15, 0.2) is 11.6 Å². The molecule has 6 N–H and O–H groups in total. The van der Waals surface area contributed by atoms with Crippen LogP contribution in [-0.2, 0) is 96.0 Å². The zero-order chi connectivity index (χ0) is 63.5. The zero-order valence-corrected chi connectivity index (χ0v) is 50.7. The Hall–Kier alpha value is -7.41. The summed E-state index contributed by atoms with van der Waals surface area (Å²) in [5.41, 5.74) is -4.63. The van der Waals surface area contributed by atoms with Crippen molar-refractivity contribution in [3.8, 4) is 6.07 Å². The van der Waals surface area contributed by atoms with Gasteiger partial charge in [0, 0.05) is 82.7 Å². The average Bonchev–Trinajstić information content (AvgIpc) is 1.59. The molecule has 23 nitrogen and oxygen atoms in total. The maximum atomic E-state index is 15.5. The van der Waals surface area contributed by atoms with Crippen molar-refractivity contribution in [2.75, 3.05) is 55.6 Å². The molecule has 0 aliphatic carbocycles. The highest BCUT2D eigenvalue weighted by Crippen LogP contribution is 2.44. The number of alkyl halides is 2. The third-order valence-corrected chi connectivity index (χ3v) is 22.3. The molecule has 6 aromatic rings. The van der Waals surface area contributed by atoms with Crippen molar-refractivity contribution in [2.24, 2.45) is 11.8 Å². The molecule has 0 saturated carbocycles. The maximum absolute atomic E-state index is 15.5. The van der Waals surface area contributed by atoms with Crippen molar-refractivity contribution in [3.05, 3.63) is 134 Å². The van der Waals surface area contributed by atoms with Crippen molar-refractivity contribution in [2.45, 2.75) is 124 Å². The number of nitriles is 1. The van der Waals surface area contributed by atoms with Crippen LogP contribution in [-0.4, -0.2) is 118 Å². The third kappa shape index (κ3) is 11.4. The van der Waals surface area contributed by atoms with Crippen molar-refractivity contribution in [1.82, 2.24) is 32.9 Å². The molecule has 3 saturated heterocycles. The smallest absolute Gasteiger partial charge is 0.280 e. The lowest BCUT2D eigenvalue weighted by Gasteiger charge is -2.38. The van der Waals surface area contributed by atoms with Gasteiger partial charge < -0.3 is 43.9 Å². The molecule has 3 fully saturated rings. The first-order chi connectivity index (χ1) is 42.0. The number of anilines is 3. The molecule has 6 aliphatic heterocycles. The van der Waals surface area contributed by atoms with Crippen molar-refractivity contribution < 1.29 is 75.8 Å². The van der Waals surface area contributed by atoms with Crippen LogP contribution in [0.5, 0.6) is 0 Å². The molecular weight excluding hydrogens is 1230 g/mol. The Kier molecular flexibility index (Phi) is 15.6. The molecule has 89 heavy (non-hydrogen) atoms. The largest absolute Gasteiger partial charge is 0.377 e. The van der Waals surface area contributed by atoms with E-state index < -0.39 is 111 Å². The minimum absolute atomic E-state index is 0.0142. The first-order valence-electron chi connectivity index (χ1n) is 28.4. The molecule has 2 aromatic carbocycles. The van der Waals surface area contributed by atoms with Gasteiger partial charge in [-0.3, -0.25) is 19.4 Å². The van der Waals surface area contributed by atoms with Gasteiger partial charge in [-0.05, 0) is 121 Å². The lowest BCUT2D eigenvalue weighted by molar-refractivity contribution is -0.0523. The summed E-state index contributed by atoms with van der Waals surface area (Å²) in [4.78, 5) is 47.5. The molecule has 31 heteroatoms. The summed E-state index contributed by atoms with van der Waals surface area (Å²) in [7, 11) is -13.8. The fraction of sp³-hybridized carbons (Fsp3) is 0.431. The van der Waals surface area contributed by atoms with Gasteiger partial charge in [-0.1, -0.05) is 0 Å². The van der Waals surface area contributed by atoms with Gasteiger partial charge in [0.1, 0.15) is 49.3 Å². The predicted molar refractivity (Wildman–Crippen MR) is 307 cm³/mol. The van der Waals surface area contributed by atoms with Gasteiger partial charge in [0.2, 0.25) is 30.1 Å². The third-order valence-electron chi connectivity index (χ3n) is 16.9. The molecule has 2 unspecified atom stereocenters. The molecule has 0 bridgehead atoms. The highest BCUT2D eigenvalue weighted by molar-refractivity contribution is 7.90. The van der Waals surface area contributed by atoms with E-state index in [1.165, 1.54) is 28.2 Å². The number of hydrogen-bond donors (Lipinski definition) is 6. The van der Waals surface area contributed by atoms with Gasteiger partial charge >= 0.3 is 0 Å². The Balaban J connectivity index is 0.983. The van der Waals surface area contributed by atoms with Crippen molar-refractivity contribution in [3.63, 3.8) is 0 Å². The summed E-state index contributed by atoms with van der Waals surface area (Å²) < 4.78 is 190. The molecule has 2 atom stereocenters. The van der Waals surface area contributed by atoms with Crippen LogP contribution in [0.25, 0.3) is 0 Å². The highest BCUT2D eigenvalue weighted by atomic mass is 32.2. The number of nitrogens with zero attached hydrogens (tertiary/aromatic N) is 5. The molecule has 4 aromatic heterocycles. The summed E-state index contributed by atoms with van der Waals surface area (Å²) in [5.74, 6) is -7.62. The summed E-state index contributed by atoms with van der Waals surface area (Å²) in [6.45, 7) is 6.16. The number of pyridine rings is 1. The molecule has 10 heterocycles. The predicted octanol–water partition coefficient (Wildman–Crippen LogP) is 5.76. The van der Waals surface area contributed by atoms with E-state index >= 15 is 13.2 Å². The van der Waals surface area contributed by atoms with E-state index in [2.05, 4.69) is 35.1 Å². The number of ether oxygens (including phenoxy) is 3. The van der Waals surface area contributed by atoms with E-state index in [1.54, 1.807) is 31.4 Å². The van der Waals surface area contributed by atoms with Crippen LogP contribution in [0, 0.1) is 47.5 Å². The van der Waals surface area contributed by atoms with Crippen LogP contribution in [0.1, 0.15) is 110 Å². The quantitative estimate of drug-likeness (QED) is 0.0496. The Labute approximate surface area is 507 Å². The van der Waals surface area contributed by atoms with Gasteiger partial charge in [0.05, 0.1) is 61.8 Å². The van der Waals surface area contributed by atoms with Gasteiger partial charge in [-0.15, -0.1) is 0 Å². The second-order valence-electron chi connectivity index (χ2n) is 24.5. The standard InChI is InChI=1S/C58H60F5N11O12S3/c1-30-46(53(75)68-36-11-12-65-42(20-36)52(62)63)73-22-31(16-44(73)49(30)87(78,79)69-56(2)24-84-25-56)15-38-48(55(77)66-34-7-9-39(59)33(18-34)21-64)74-23-32(17-45(74)51(38)89(82,83)71-58(4)28-86-29-58)14-37-47(54(76)67-35-8-10-40(60)41(61)19-35)72-13-5-6-43(72)50(37)88(80,81)70-57(3)26-85-27-57/h7-12,18-20,31-32,52,69-71H,5-6,13-17,22-29H2,1-4H3,(H,66,77)(H,67,76)(H,65,68,75). The number of rotatable bonds is 20. The highest BCUT2D eigenvalue weighted by Gasteiger charge is 2.48. The number of halogens is 5. The zero-order valence-electron chi connectivity index (χ0n) is 48.3. The number of benzene rings is 2. The van der Waals surface area contributed by atoms with Crippen LogP contribution in [0.4, 0.5) is 39.0 Å². The number of nitrogens with one attached hydrogen (secondary N) is 6. The summed E-state index contributed by atoms with van der Waals surface area (Å²) in [6, 6.07) is 9.93. The van der Waals surface area contributed by atoms with E-state index in [0.717, 1.165) is 42.6 Å². The van der Waals surface area contributed by atoms with E-state index in [1.807, 2.05) is 0 Å². The van der Waals surface area contributed by atoms with E-state index in [4.69, 9.17) is 14.2 Å². The van der Waals surface area contributed by atoms with Crippen molar-refractivity contribution in [1.29, 1.82) is 5.26 Å². The normalized spacial score (nSPS) is 19.6. The Bertz CT molecular complexity index is 4380. The van der Waals surface area contributed by atoms with E-state index in [0.29, 0.717) is 12.1 Å². The molecule has 3 amide bonds. The second kappa shape index (κ2) is 22.5. The lowest BCUT2D eigenvalue weighted by atomic mass is 9.93. The minimum Gasteiger partial charge on any atom is -0.377 e. The SMILES string of the molecule is Cc1c(S(=O)(=O)NC2(C)COC2)c2n(c1C(=O)Nc1ccnc(C(F)F)c1)CC(Cc1c(S(=O)(=O)NC3(C)COC3)c3n(c1C(=O)Nc1ccc(F)c(C#N)c1)CC(Cc1c(S(=O)(=O)NC4(C)COC4)c4n(c1C(=O)Nc1ccc(F)c(F)c1)CCC4)C3)C2. The van der Waals surface area contributed by atoms with Crippen LogP contribution in [0.15, 0.2) is 69.4 Å². The Morgan fingerprint density at radius 3 is 1.56 bits per heavy atom. The number of aromatic nitrogens is 4. The summed E-state index contributed by atoms with van der Waals surface area (Å²) in [5, 5.41) is 17.7. The number of carbonyl (C=O) groups excluding carboxylic acids is 3. The van der Waals surface area contributed by atoms with Crippen LogP contribution in [0.3, 0.4) is 0 Å². The number of carbonyl (C=O) groups is 3. The molecular formula is C58H60F5N11O12S3. The average molecular weight is 1290 g/mol. The Morgan fingerprint density at radius 2 is 1.07 bits per heavy atom. The number of sulfonamides is 3. The minimum atomic E-state index is -4.77. The summed E-state index contributed by atoms with van der Waals surface area (Å²) >= 11 is 0. The Morgan fingerprint density at radius 1 is 0.618 bits per heavy atom. The first kappa shape index (κ1) is 61.8. The molecule has 472 valence electrons. The fourth-order valence-electron chi connectivity index (χ4n) is 13.1. The number of fused-ring (bicyclic) bond motifs is 3. The molecule has 0 radical (unpaired) electrons. The van der Waals surface area contributed by atoms with Crippen molar-refractivity contribution >= 4 is 64.9 Å². The van der Waals surface area contributed by atoms with Crippen LogP contribution in [0.2, 0.25) is 0 Å². The van der Waals surface area contributed by atoms with Crippen LogP contribution < -0.4 is 30.1 Å². The lowest BCUT2D eigenvalue weighted by Crippen LogP contribution is -2.59. The first-order valence-corrected chi connectivity index (χ1v) is 32.8. The number of amides is 3. The summed E-state index contributed by atoms with van der Waals surface area (Å²) in [6.07, 6.45) is -2.15. The molecule has 12 rings (SSSR count). The van der Waals surface area contributed by atoms with Gasteiger partial charge in [-0.2, -0.15) is 5.26 Å². The maximum Gasteiger partial charge on any atom is 0.280 e. The number of hydrogen-bond acceptors (Lipinski definition) is 14. The van der Waals surface area contributed by atoms with E-state index in [-0.39, 0.29) is 168 Å². The monoisotopic (exact) mass is 1290 g/mol. The molecule has 0 spiro atoms. The topological polar surface area (TPSA) is 305 Å². The van der Waals surface area contributed by atoms with Gasteiger partial charge in [0.25, 0.3) is 24.1 Å². The second-order valence-corrected chi connectivity index (χ2v) is 29.4. The van der Waals surface area contributed by atoms with Crippen LogP contribution >= 0.6 is 0 Å². The molecule has 6 aliphatic rings. The van der Waals surface area contributed by atoms with Gasteiger partial charge in [-0.25, -0.2) is 61.4 Å². The van der Waals surface area contributed by atoms with E-state index in [9.17, 15) is 53.6 Å².